The summed E-state index contributed by atoms with van der Waals surface area (Å²) < 4.78 is 38.4. The highest BCUT2D eigenvalue weighted by Gasteiger charge is 2.29. The van der Waals surface area contributed by atoms with Crippen LogP contribution in [0.15, 0.2) is 53.4 Å². The summed E-state index contributed by atoms with van der Waals surface area (Å²) >= 11 is 0. The molecule has 0 amide bonds. The molecular weight excluding hydrogens is 482 g/mol. The van der Waals surface area contributed by atoms with E-state index >= 15 is 0 Å². The molecule has 0 aliphatic heterocycles. The molecule has 1 unspecified atom stereocenters. The second-order valence-electron chi connectivity index (χ2n) is 8.45. The molecule has 0 saturated heterocycles. The van der Waals surface area contributed by atoms with Gasteiger partial charge in [-0.3, -0.25) is 0 Å². The van der Waals surface area contributed by atoms with Crippen LogP contribution in [0.3, 0.4) is 0 Å². The fourth-order valence-electron chi connectivity index (χ4n) is 3.89. The van der Waals surface area contributed by atoms with E-state index in [-0.39, 0.29) is 35.7 Å². The zero-order chi connectivity index (χ0) is 26.5. The summed E-state index contributed by atoms with van der Waals surface area (Å²) in [6.07, 6.45) is 0.445. The number of methoxy groups -OCH3 is 2. The van der Waals surface area contributed by atoms with Gasteiger partial charge in [-0.15, -0.1) is 0 Å². The van der Waals surface area contributed by atoms with E-state index in [1.165, 1.54) is 38.5 Å². The number of hydrogen-bond donors (Lipinski definition) is 1. The van der Waals surface area contributed by atoms with E-state index in [0.717, 1.165) is 21.0 Å². The van der Waals surface area contributed by atoms with Crippen molar-refractivity contribution < 1.29 is 27.8 Å². The van der Waals surface area contributed by atoms with Crippen LogP contribution in [-0.4, -0.2) is 57.0 Å². The number of anilines is 1. The lowest BCUT2D eigenvalue weighted by Crippen LogP contribution is -2.35. The third-order valence-electron chi connectivity index (χ3n) is 5.85. The molecule has 1 atom stereocenters. The zero-order valence-electron chi connectivity index (χ0n) is 21.1. The Morgan fingerprint density at radius 2 is 1.72 bits per heavy atom. The number of aromatic nitrogens is 2. The molecule has 10 heteroatoms. The number of ether oxygens (including phenoxy) is 2. The molecule has 0 aliphatic carbocycles. The number of carbonyl (C=O) groups excluding carboxylic acids is 1. The molecule has 0 radical (unpaired) electrons. The van der Waals surface area contributed by atoms with Crippen molar-refractivity contribution in [1.29, 1.82) is 0 Å². The topological polar surface area (TPSA) is 119 Å². The number of aliphatic hydroxyl groups excluding tert-OH is 1. The zero-order valence-corrected chi connectivity index (χ0v) is 21.9. The van der Waals surface area contributed by atoms with Crippen molar-refractivity contribution in [3.8, 4) is 11.3 Å². The van der Waals surface area contributed by atoms with Crippen LogP contribution in [0, 0.1) is 13.8 Å². The van der Waals surface area contributed by atoms with Crippen LogP contribution in [0.25, 0.3) is 11.3 Å². The Balaban J connectivity index is 2.23. The number of benzene rings is 2. The molecular formula is C26H31N3O6S. The van der Waals surface area contributed by atoms with Gasteiger partial charge in [0.1, 0.15) is 6.73 Å². The SMILES string of the molecule is COCN(c1nc(-c2c(C)cccc2C)cc(C(C)CCO)n1)S(=O)(=O)c1cccc(C(=O)OC)c1. The first-order chi connectivity index (χ1) is 17.1. The number of sulfonamides is 1. The van der Waals surface area contributed by atoms with Crippen molar-refractivity contribution >= 4 is 21.9 Å². The standard InChI is InChI=1S/C26H31N3O6S/c1-17(12-13-30)22-15-23(24-18(2)8-6-9-19(24)3)28-26(27-22)29(16-34-4)36(32,33)21-11-7-10-20(14-21)25(31)35-5/h6-11,14-15,17,30H,12-13,16H2,1-5H3. The molecule has 192 valence electrons. The van der Waals surface area contributed by atoms with Gasteiger partial charge in [0, 0.05) is 30.9 Å². The summed E-state index contributed by atoms with van der Waals surface area (Å²) in [7, 11) is -1.63. The van der Waals surface area contributed by atoms with Gasteiger partial charge in [-0.1, -0.05) is 31.2 Å². The summed E-state index contributed by atoms with van der Waals surface area (Å²) in [5, 5.41) is 9.50. The minimum Gasteiger partial charge on any atom is -0.465 e. The van der Waals surface area contributed by atoms with E-state index in [1.807, 2.05) is 45.0 Å². The van der Waals surface area contributed by atoms with Crippen LogP contribution in [0.1, 0.15) is 46.4 Å². The molecule has 1 N–H and O–H groups in total. The fraction of sp³-hybridized carbons (Fsp3) is 0.346. The van der Waals surface area contributed by atoms with Gasteiger partial charge in [0.05, 0.1) is 23.3 Å². The van der Waals surface area contributed by atoms with Gasteiger partial charge in [0.25, 0.3) is 10.0 Å². The lowest BCUT2D eigenvalue weighted by atomic mass is 9.97. The minimum absolute atomic E-state index is 0.0420. The Bertz CT molecular complexity index is 1320. The third-order valence-corrected chi connectivity index (χ3v) is 7.55. The van der Waals surface area contributed by atoms with Gasteiger partial charge in [-0.2, -0.15) is 0 Å². The normalized spacial score (nSPS) is 12.3. The molecule has 3 aromatic rings. The van der Waals surface area contributed by atoms with E-state index in [9.17, 15) is 18.3 Å². The summed E-state index contributed by atoms with van der Waals surface area (Å²) in [4.78, 5) is 21.1. The number of esters is 1. The molecule has 2 aromatic carbocycles. The predicted octanol–water partition coefficient (Wildman–Crippen LogP) is 3.83. The molecule has 0 aliphatic rings. The van der Waals surface area contributed by atoms with Crippen molar-refractivity contribution in [3.63, 3.8) is 0 Å². The van der Waals surface area contributed by atoms with E-state index < -0.39 is 16.0 Å². The quantitative estimate of drug-likeness (QED) is 0.321. The summed E-state index contributed by atoms with van der Waals surface area (Å²) in [6.45, 7) is 5.44. The van der Waals surface area contributed by atoms with Gasteiger partial charge < -0.3 is 14.6 Å². The van der Waals surface area contributed by atoms with Crippen LogP contribution in [-0.2, 0) is 19.5 Å². The molecule has 36 heavy (non-hydrogen) atoms. The molecule has 0 bridgehead atoms. The maximum absolute atomic E-state index is 13.7. The summed E-state index contributed by atoms with van der Waals surface area (Å²) in [5.74, 6) is -0.881. The van der Waals surface area contributed by atoms with Crippen molar-refractivity contribution in [2.45, 2.75) is 38.0 Å². The van der Waals surface area contributed by atoms with Gasteiger partial charge in [-0.05, 0) is 55.7 Å². The highest BCUT2D eigenvalue weighted by atomic mass is 32.2. The largest absolute Gasteiger partial charge is 0.465 e. The number of aliphatic hydroxyl groups is 1. The van der Waals surface area contributed by atoms with Crippen LogP contribution < -0.4 is 4.31 Å². The number of carbonyl (C=O) groups is 1. The average molecular weight is 514 g/mol. The van der Waals surface area contributed by atoms with E-state index in [0.29, 0.717) is 17.8 Å². The highest BCUT2D eigenvalue weighted by molar-refractivity contribution is 7.92. The first-order valence-electron chi connectivity index (χ1n) is 11.4. The van der Waals surface area contributed by atoms with Crippen molar-refractivity contribution in [3.05, 3.63) is 70.9 Å². The second kappa shape index (κ2) is 11.6. The highest BCUT2D eigenvalue weighted by Crippen LogP contribution is 2.31. The molecule has 0 spiro atoms. The Labute approximate surface area is 211 Å². The van der Waals surface area contributed by atoms with Crippen LogP contribution in [0.5, 0.6) is 0 Å². The average Bonchev–Trinajstić information content (AvgIpc) is 2.86. The van der Waals surface area contributed by atoms with E-state index in [1.54, 1.807) is 0 Å². The first-order valence-corrected chi connectivity index (χ1v) is 12.8. The predicted molar refractivity (Wildman–Crippen MR) is 136 cm³/mol. The maximum Gasteiger partial charge on any atom is 0.337 e. The molecule has 0 fully saturated rings. The van der Waals surface area contributed by atoms with Crippen molar-refractivity contribution in [1.82, 2.24) is 9.97 Å². The fourth-order valence-corrected chi connectivity index (χ4v) is 5.21. The van der Waals surface area contributed by atoms with Crippen LogP contribution in [0.4, 0.5) is 5.95 Å². The van der Waals surface area contributed by atoms with E-state index in [4.69, 9.17) is 9.47 Å². The smallest absolute Gasteiger partial charge is 0.337 e. The number of rotatable bonds is 10. The number of nitrogens with zero attached hydrogens (tertiary/aromatic N) is 3. The summed E-state index contributed by atoms with van der Waals surface area (Å²) in [5.41, 5.74) is 4.08. The van der Waals surface area contributed by atoms with Crippen molar-refractivity contribution in [2.24, 2.45) is 0 Å². The maximum atomic E-state index is 13.7. The molecule has 1 aromatic heterocycles. The lowest BCUT2D eigenvalue weighted by Gasteiger charge is -2.24. The van der Waals surface area contributed by atoms with Crippen molar-refractivity contribution in [2.75, 3.05) is 31.9 Å². The van der Waals surface area contributed by atoms with Gasteiger partial charge >= 0.3 is 5.97 Å². The first kappa shape index (κ1) is 27.3. The number of aryl methyl sites for hydroxylation is 2. The Morgan fingerprint density at radius 1 is 1.06 bits per heavy atom. The Hall–Kier alpha value is -3.34. The minimum atomic E-state index is -4.23. The Morgan fingerprint density at radius 3 is 2.33 bits per heavy atom. The van der Waals surface area contributed by atoms with Gasteiger partial charge in [0.2, 0.25) is 5.95 Å². The molecule has 9 nitrogen and oxygen atoms in total. The van der Waals surface area contributed by atoms with E-state index in [2.05, 4.69) is 9.97 Å². The Kier molecular flexibility index (Phi) is 8.78. The molecule has 1 heterocycles. The molecule has 0 saturated carbocycles. The summed E-state index contributed by atoms with van der Waals surface area (Å²) in [6, 6.07) is 13.3. The third kappa shape index (κ3) is 5.72. The van der Waals surface area contributed by atoms with Gasteiger partial charge in [-0.25, -0.2) is 27.5 Å². The van der Waals surface area contributed by atoms with Gasteiger partial charge in [0.15, 0.2) is 0 Å². The van der Waals surface area contributed by atoms with Crippen LogP contribution in [0.2, 0.25) is 0 Å². The monoisotopic (exact) mass is 513 g/mol. The second-order valence-corrected chi connectivity index (χ2v) is 10.3. The molecule has 3 rings (SSSR count). The van der Waals surface area contributed by atoms with Crippen LogP contribution >= 0.6 is 0 Å². The number of hydrogen-bond acceptors (Lipinski definition) is 8. The lowest BCUT2D eigenvalue weighted by molar-refractivity contribution is 0.0600.